The van der Waals surface area contributed by atoms with Crippen LogP contribution in [0, 0.1) is 17.0 Å². The lowest BCUT2D eigenvalue weighted by atomic mass is 10.2. The molecule has 0 aliphatic carbocycles. The van der Waals surface area contributed by atoms with Gasteiger partial charge in [-0.2, -0.15) is 0 Å². The third-order valence-corrected chi connectivity index (χ3v) is 2.14. The maximum Gasteiger partial charge on any atom is 0.322 e. The first-order chi connectivity index (χ1) is 8.90. The number of amides is 1. The van der Waals surface area contributed by atoms with Crippen LogP contribution in [0.2, 0.25) is 0 Å². The Morgan fingerprint density at radius 3 is 2.74 bits per heavy atom. The van der Waals surface area contributed by atoms with E-state index in [1.165, 1.54) is 12.3 Å². The summed E-state index contributed by atoms with van der Waals surface area (Å²) < 4.78 is 0. The van der Waals surface area contributed by atoms with Crippen molar-refractivity contribution in [3.63, 3.8) is 0 Å². The largest absolute Gasteiger partial charge is 0.480 e. The molecule has 0 saturated heterocycles. The van der Waals surface area contributed by atoms with Gasteiger partial charge in [0.15, 0.2) is 0 Å². The average Bonchev–Trinajstić information content (AvgIpc) is 2.35. The molecule has 102 valence electrons. The van der Waals surface area contributed by atoms with Crippen LogP contribution in [0.5, 0.6) is 0 Å². The monoisotopic (exact) mass is 268 g/mol. The second-order valence-corrected chi connectivity index (χ2v) is 3.64. The fraction of sp³-hybridized carbons (Fsp3) is 0.300. The Bertz CT molecular complexity index is 517. The van der Waals surface area contributed by atoms with Gasteiger partial charge in [0.1, 0.15) is 12.4 Å². The number of nitro groups is 1. The van der Waals surface area contributed by atoms with E-state index in [0.717, 1.165) is 0 Å². The topological polar surface area (TPSA) is 134 Å². The molecule has 1 rings (SSSR count). The Balaban J connectivity index is 2.58. The highest BCUT2D eigenvalue weighted by molar-refractivity contribution is 5.84. The first-order valence-corrected chi connectivity index (χ1v) is 5.23. The number of pyridine rings is 1. The van der Waals surface area contributed by atoms with Crippen molar-refractivity contribution < 1.29 is 19.6 Å². The van der Waals surface area contributed by atoms with Crippen molar-refractivity contribution in [3.8, 4) is 0 Å². The Labute approximate surface area is 107 Å². The Kier molecular flexibility index (Phi) is 4.75. The summed E-state index contributed by atoms with van der Waals surface area (Å²) in [6.07, 6.45) is 1.32. The van der Waals surface area contributed by atoms with Crippen molar-refractivity contribution in [2.45, 2.75) is 6.92 Å². The van der Waals surface area contributed by atoms with E-state index in [1.54, 1.807) is 6.92 Å². The molecule has 0 spiro atoms. The van der Waals surface area contributed by atoms with Gasteiger partial charge in [0, 0.05) is 11.8 Å². The molecule has 1 heterocycles. The predicted molar refractivity (Wildman–Crippen MR) is 64.8 cm³/mol. The predicted octanol–water partition coefficient (Wildman–Crippen LogP) is -0.0891. The van der Waals surface area contributed by atoms with Crippen molar-refractivity contribution >= 4 is 23.4 Å². The zero-order valence-corrected chi connectivity index (χ0v) is 10.0. The number of hydrogen-bond donors (Lipinski definition) is 3. The smallest absolute Gasteiger partial charge is 0.322 e. The number of aromatic nitrogens is 1. The van der Waals surface area contributed by atoms with Gasteiger partial charge in [-0.05, 0) is 6.92 Å². The van der Waals surface area contributed by atoms with Crippen LogP contribution in [-0.4, -0.2) is 40.0 Å². The number of rotatable bonds is 6. The van der Waals surface area contributed by atoms with Crippen LogP contribution in [-0.2, 0) is 9.59 Å². The molecule has 19 heavy (non-hydrogen) atoms. The van der Waals surface area contributed by atoms with Crippen LogP contribution in [0.3, 0.4) is 0 Å². The highest BCUT2D eigenvalue weighted by atomic mass is 16.6. The lowest BCUT2D eigenvalue weighted by molar-refractivity contribution is -0.385. The lowest BCUT2D eigenvalue weighted by Crippen LogP contribution is -2.33. The number of aliphatic carboxylic acids is 1. The SMILES string of the molecule is Cc1cnc(NCC(=O)NCC(=O)O)cc1[N+](=O)[O-]. The molecule has 0 bridgehead atoms. The van der Waals surface area contributed by atoms with Crippen LogP contribution in [0.4, 0.5) is 11.5 Å². The zero-order valence-electron chi connectivity index (χ0n) is 10.0. The van der Waals surface area contributed by atoms with E-state index in [1.807, 2.05) is 0 Å². The van der Waals surface area contributed by atoms with E-state index < -0.39 is 23.3 Å². The number of carboxylic acid groups (broad SMARTS) is 1. The van der Waals surface area contributed by atoms with Gasteiger partial charge in [-0.25, -0.2) is 4.98 Å². The van der Waals surface area contributed by atoms with Gasteiger partial charge in [-0.3, -0.25) is 19.7 Å². The molecule has 0 aliphatic rings. The van der Waals surface area contributed by atoms with Crippen LogP contribution >= 0.6 is 0 Å². The Hall–Kier alpha value is -2.71. The summed E-state index contributed by atoms with van der Waals surface area (Å²) in [6, 6.07) is 1.21. The first-order valence-electron chi connectivity index (χ1n) is 5.23. The van der Waals surface area contributed by atoms with E-state index in [4.69, 9.17) is 5.11 Å². The molecule has 0 aromatic carbocycles. The van der Waals surface area contributed by atoms with Gasteiger partial charge < -0.3 is 15.7 Å². The van der Waals surface area contributed by atoms with Crippen LogP contribution in [0.15, 0.2) is 12.3 Å². The molecule has 0 atom stereocenters. The summed E-state index contributed by atoms with van der Waals surface area (Å²) in [5, 5.41) is 23.8. The normalized spacial score (nSPS) is 9.74. The van der Waals surface area contributed by atoms with Crippen LogP contribution in [0.1, 0.15) is 5.56 Å². The number of aryl methyl sites for hydroxylation is 1. The van der Waals surface area contributed by atoms with Crippen LogP contribution in [0.25, 0.3) is 0 Å². The molecule has 1 amide bonds. The summed E-state index contributed by atoms with van der Waals surface area (Å²) in [6.45, 7) is 0.844. The van der Waals surface area contributed by atoms with Crippen molar-refractivity contribution in [2.24, 2.45) is 0 Å². The summed E-state index contributed by atoms with van der Waals surface area (Å²) in [5.41, 5.74) is 0.300. The standard InChI is InChI=1S/C10H12N4O5/c1-6-3-11-8(2-7(6)14(18)19)12-4-9(15)13-5-10(16)17/h2-3H,4-5H2,1H3,(H,11,12)(H,13,15)(H,16,17). The minimum atomic E-state index is -1.16. The molecule has 0 aliphatic heterocycles. The number of carbonyl (C=O) groups is 2. The third kappa shape index (κ3) is 4.58. The number of carboxylic acids is 1. The number of nitrogens with one attached hydrogen (secondary N) is 2. The third-order valence-electron chi connectivity index (χ3n) is 2.14. The van der Waals surface area contributed by atoms with Gasteiger partial charge >= 0.3 is 5.97 Å². The van der Waals surface area contributed by atoms with Crippen molar-refractivity contribution in [1.29, 1.82) is 0 Å². The molecule has 0 unspecified atom stereocenters. The highest BCUT2D eigenvalue weighted by Gasteiger charge is 2.12. The summed E-state index contributed by atoms with van der Waals surface area (Å²) >= 11 is 0. The fourth-order valence-electron chi connectivity index (χ4n) is 1.21. The Morgan fingerprint density at radius 1 is 1.47 bits per heavy atom. The maximum absolute atomic E-state index is 11.2. The van der Waals surface area contributed by atoms with Gasteiger partial charge in [-0.1, -0.05) is 0 Å². The van der Waals surface area contributed by atoms with E-state index in [0.29, 0.717) is 5.56 Å². The minimum absolute atomic E-state index is 0.108. The number of nitrogens with zero attached hydrogens (tertiary/aromatic N) is 2. The van der Waals surface area contributed by atoms with Gasteiger partial charge in [0.05, 0.1) is 17.5 Å². The molecule has 0 saturated carbocycles. The summed E-state index contributed by atoms with van der Waals surface area (Å²) in [7, 11) is 0. The summed E-state index contributed by atoms with van der Waals surface area (Å²) in [4.78, 5) is 35.4. The maximum atomic E-state index is 11.2. The minimum Gasteiger partial charge on any atom is -0.480 e. The van der Waals surface area contributed by atoms with Crippen molar-refractivity contribution in [2.75, 3.05) is 18.4 Å². The number of hydrogen-bond acceptors (Lipinski definition) is 6. The van der Waals surface area contributed by atoms with E-state index >= 15 is 0 Å². The molecular formula is C10H12N4O5. The molecule has 3 N–H and O–H groups in total. The molecule has 9 nitrogen and oxygen atoms in total. The van der Waals surface area contributed by atoms with Gasteiger partial charge in [0.2, 0.25) is 5.91 Å². The van der Waals surface area contributed by atoms with Gasteiger partial charge in [-0.15, -0.1) is 0 Å². The zero-order chi connectivity index (χ0) is 14.4. The van der Waals surface area contributed by atoms with E-state index in [2.05, 4.69) is 15.6 Å². The molecule has 1 aromatic rings. The number of carbonyl (C=O) groups excluding carboxylic acids is 1. The Morgan fingerprint density at radius 2 is 2.16 bits per heavy atom. The first kappa shape index (κ1) is 14.4. The van der Waals surface area contributed by atoms with Crippen molar-refractivity contribution in [1.82, 2.24) is 10.3 Å². The highest BCUT2D eigenvalue weighted by Crippen LogP contribution is 2.19. The number of anilines is 1. The lowest BCUT2D eigenvalue weighted by Gasteiger charge is -2.06. The fourth-order valence-corrected chi connectivity index (χ4v) is 1.21. The van der Waals surface area contributed by atoms with E-state index in [-0.39, 0.29) is 18.1 Å². The molecule has 9 heteroatoms. The molecule has 0 fully saturated rings. The van der Waals surface area contributed by atoms with Crippen molar-refractivity contribution in [3.05, 3.63) is 27.9 Å². The molecule has 0 radical (unpaired) electrons. The quantitative estimate of drug-likeness (QED) is 0.484. The second kappa shape index (κ2) is 6.28. The molecule has 1 aromatic heterocycles. The average molecular weight is 268 g/mol. The van der Waals surface area contributed by atoms with E-state index in [9.17, 15) is 19.7 Å². The van der Waals surface area contributed by atoms with Gasteiger partial charge in [0.25, 0.3) is 5.69 Å². The molecular weight excluding hydrogens is 256 g/mol. The second-order valence-electron chi connectivity index (χ2n) is 3.64. The summed E-state index contributed by atoms with van der Waals surface area (Å²) in [5.74, 6) is -1.53. The van der Waals surface area contributed by atoms with Crippen LogP contribution < -0.4 is 10.6 Å².